The summed E-state index contributed by atoms with van der Waals surface area (Å²) in [5, 5.41) is 4.38. The summed E-state index contributed by atoms with van der Waals surface area (Å²) in [7, 11) is 1.76. The summed E-state index contributed by atoms with van der Waals surface area (Å²) in [5.41, 5.74) is 2.82. The van der Waals surface area contributed by atoms with Crippen LogP contribution in [0.3, 0.4) is 0 Å². The molecule has 100 valence electrons. The normalized spacial score (nSPS) is 22.6. The summed E-state index contributed by atoms with van der Waals surface area (Å²) >= 11 is 2.05. The number of hydrogen-bond acceptors (Lipinski definition) is 3. The van der Waals surface area contributed by atoms with Crippen LogP contribution < -0.4 is 10.1 Å². The van der Waals surface area contributed by atoms with Crippen molar-refractivity contribution < 1.29 is 4.74 Å². The molecule has 1 heterocycles. The Morgan fingerprint density at radius 3 is 2.89 bits per heavy atom. The largest absolute Gasteiger partial charge is 0.496 e. The molecule has 1 aliphatic rings. The summed E-state index contributed by atoms with van der Waals surface area (Å²) in [6.07, 6.45) is 2.39. The highest BCUT2D eigenvalue weighted by Gasteiger charge is 2.29. The average Bonchev–Trinajstić information content (AvgIpc) is 2.43. The lowest BCUT2D eigenvalue weighted by molar-refractivity contribution is 0.407. The van der Waals surface area contributed by atoms with E-state index in [9.17, 15) is 0 Å². The molecule has 2 atom stereocenters. The second-order valence-corrected chi connectivity index (χ2v) is 5.95. The number of ether oxygens (including phenoxy) is 1. The summed E-state index contributed by atoms with van der Waals surface area (Å²) in [6, 6.07) is 6.91. The number of hydrogen-bond donors (Lipinski definition) is 1. The van der Waals surface area contributed by atoms with Crippen molar-refractivity contribution in [2.45, 2.75) is 43.7 Å². The zero-order valence-electron chi connectivity index (χ0n) is 11.5. The van der Waals surface area contributed by atoms with E-state index in [1.54, 1.807) is 7.11 Å². The molecule has 1 N–H and O–H groups in total. The van der Waals surface area contributed by atoms with Crippen molar-refractivity contribution in [2.24, 2.45) is 0 Å². The van der Waals surface area contributed by atoms with E-state index < -0.39 is 0 Å². The molecule has 0 amide bonds. The molecule has 3 heteroatoms. The van der Waals surface area contributed by atoms with E-state index in [1.807, 2.05) is 0 Å². The van der Waals surface area contributed by atoms with Crippen molar-refractivity contribution in [1.82, 2.24) is 5.32 Å². The minimum atomic E-state index is 0.471. The number of nitrogens with one attached hydrogen (secondary N) is 1. The van der Waals surface area contributed by atoms with Crippen molar-refractivity contribution in [3.8, 4) is 5.75 Å². The third-order valence-electron chi connectivity index (χ3n) is 3.55. The molecule has 1 aromatic rings. The smallest absolute Gasteiger partial charge is 0.123 e. The van der Waals surface area contributed by atoms with Crippen LogP contribution in [-0.4, -0.2) is 18.9 Å². The third-order valence-corrected chi connectivity index (χ3v) is 5.04. The molecule has 0 fully saturated rings. The minimum Gasteiger partial charge on any atom is -0.496 e. The molecule has 0 aromatic heterocycles. The summed E-state index contributed by atoms with van der Waals surface area (Å²) in [4.78, 5) is 0. The first-order valence-corrected chi connectivity index (χ1v) is 7.87. The quantitative estimate of drug-likeness (QED) is 0.876. The van der Waals surface area contributed by atoms with Crippen molar-refractivity contribution in [3.63, 3.8) is 0 Å². The van der Waals surface area contributed by atoms with E-state index in [-0.39, 0.29) is 0 Å². The highest BCUT2D eigenvalue weighted by Crippen LogP contribution is 2.42. The van der Waals surface area contributed by atoms with Gasteiger partial charge in [0.2, 0.25) is 0 Å². The summed E-state index contributed by atoms with van der Waals surface area (Å²) in [5.74, 6) is 2.11. The minimum absolute atomic E-state index is 0.471. The lowest BCUT2D eigenvalue weighted by Gasteiger charge is -2.34. The van der Waals surface area contributed by atoms with Gasteiger partial charge in [-0.05, 0) is 31.0 Å². The molecule has 0 bridgehead atoms. The highest BCUT2D eigenvalue weighted by atomic mass is 32.2. The zero-order valence-corrected chi connectivity index (χ0v) is 12.3. The van der Waals surface area contributed by atoms with Crippen LogP contribution in [0.2, 0.25) is 0 Å². The number of thioether (sulfide) groups is 1. The maximum Gasteiger partial charge on any atom is 0.123 e. The van der Waals surface area contributed by atoms with Gasteiger partial charge in [-0.1, -0.05) is 26.0 Å². The first-order valence-electron chi connectivity index (χ1n) is 6.82. The fourth-order valence-corrected chi connectivity index (χ4v) is 3.96. The van der Waals surface area contributed by atoms with E-state index in [0.717, 1.165) is 18.0 Å². The van der Waals surface area contributed by atoms with Crippen LogP contribution in [-0.2, 0) is 5.75 Å². The molecule has 0 aliphatic carbocycles. The van der Waals surface area contributed by atoms with Gasteiger partial charge in [0.05, 0.1) is 7.11 Å². The predicted molar refractivity (Wildman–Crippen MR) is 79.4 cm³/mol. The second kappa shape index (κ2) is 6.48. The molecule has 0 radical (unpaired) electrons. The van der Waals surface area contributed by atoms with Crippen LogP contribution in [0.4, 0.5) is 0 Å². The van der Waals surface area contributed by atoms with Crippen molar-refractivity contribution in [1.29, 1.82) is 0 Å². The molecule has 18 heavy (non-hydrogen) atoms. The number of methoxy groups -OCH3 is 1. The van der Waals surface area contributed by atoms with E-state index >= 15 is 0 Å². The lowest BCUT2D eigenvalue weighted by atomic mass is 9.95. The van der Waals surface area contributed by atoms with Gasteiger partial charge in [-0.25, -0.2) is 0 Å². The average molecular weight is 265 g/mol. The monoisotopic (exact) mass is 265 g/mol. The Kier molecular flexibility index (Phi) is 4.95. The predicted octanol–water partition coefficient (Wildman–Crippen LogP) is 3.76. The maximum absolute atomic E-state index is 5.49. The van der Waals surface area contributed by atoms with Crippen LogP contribution in [0.5, 0.6) is 5.75 Å². The van der Waals surface area contributed by atoms with Gasteiger partial charge < -0.3 is 10.1 Å². The Balaban J connectivity index is 2.31. The summed E-state index contributed by atoms with van der Waals surface area (Å²) in [6.45, 7) is 5.58. The number of benzene rings is 1. The van der Waals surface area contributed by atoms with Crippen LogP contribution in [0.25, 0.3) is 0 Å². The molecule has 2 unspecified atom stereocenters. The second-order valence-electron chi connectivity index (χ2n) is 4.72. The number of rotatable bonds is 5. The Morgan fingerprint density at radius 1 is 1.39 bits per heavy atom. The van der Waals surface area contributed by atoms with Crippen LogP contribution >= 0.6 is 11.8 Å². The van der Waals surface area contributed by atoms with Gasteiger partial charge in [0.25, 0.3) is 0 Å². The third kappa shape index (κ3) is 2.67. The van der Waals surface area contributed by atoms with E-state index in [4.69, 9.17) is 4.74 Å². The molecule has 1 aliphatic heterocycles. The molecule has 0 saturated carbocycles. The fourth-order valence-electron chi connectivity index (χ4n) is 2.60. The van der Waals surface area contributed by atoms with Gasteiger partial charge in [-0.3, -0.25) is 0 Å². The topological polar surface area (TPSA) is 21.3 Å². The van der Waals surface area contributed by atoms with Crippen LogP contribution in [0, 0.1) is 0 Å². The van der Waals surface area contributed by atoms with Crippen LogP contribution in [0.1, 0.15) is 43.9 Å². The van der Waals surface area contributed by atoms with E-state index in [1.165, 1.54) is 24.0 Å². The van der Waals surface area contributed by atoms with Crippen molar-refractivity contribution in [2.75, 3.05) is 13.7 Å². The van der Waals surface area contributed by atoms with Crippen LogP contribution in [0.15, 0.2) is 18.2 Å². The molecular weight excluding hydrogens is 242 g/mol. The molecule has 2 rings (SSSR count). The Hall–Kier alpha value is -0.670. The fraction of sp³-hybridized carbons (Fsp3) is 0.600. The maximum atomic E-state index is 5.49. The summed E-state index contributed by atoms with van der Waals surface area (Å²) < 4.78 is 5.49. The van der Waals surface area contributed by atoms with Crippen molar-refractivity contribution >= 4 is 11.8 Å². The van der Waals surface area contributed by atoms with Gasteiger partial charge >= 0.3 is 0 Å². The van der Waals surface area contributed by atoms with Gasteiger partial charge in [0.15, 0.2) is 0 Å². The SMILES string of the molecule is CCCNC1c2cccc(OC)c2CSC1CC. The van der Waals surface area contributed by atoms with Gasteiger partial charge in [-0.2, -0.15) is 11.8 Å². The molecular formula is C15H23NOS. The first kappa shape index (κ1) is 13.8. The van der Waals surface area contributed by atoms with Crippen molar-refractivity contribution in [3.05, 3.63) is 29.3 Å². The Labute approximate surface area is 114 Å². The van der Waals surface area contributed by atoms with E-state index in [2.05, 4.69) is 49.1 Å². The van der Waals surface area contributed by atoms with E-state index in [0.29, 0.717) is 11.3 Å². The molecule has 0 saturated heterocycles. The molecule has 2 nitrogen and oxygen atoms in total. The Bertz CT molecular complexity index is 394. The number of fused-ring (bicyclic) bond motifs is 1. The van der Waals surface area contributed by atoms with Gasteiger partial charge in [0.1, 0.15) is 5.75 Å². The Morgan fingerprint density at radius 2 is 2.22 bits per heavy atom. The molecule has 1 aromatic carbocycles. The van der Waals surface area contributed by atoms with Gasteiger partial charge in [-0.15, -0.1) is 0 Å². The standard InChI is InChI=1S/C15H23NOS/c1-4-9-16-15-11-7-6-8-13(17-3)12(11)10-18-14(15)5-2/h6-8,14-16H,4-5,9-10H2,1-3H3. The molecule has 0 spiro atoms. The first-order chi connectivity index (χ1) is 8.81. The van der Waals surface area contributed by atoms with Gasteiger partial charge in [0, 0.05) is 22.6 Å². The highest BCUT2D eigenvalue weighted by molar-refractivity contribution is 7.99. The zero-order chi connectivity index (χ0) is 13.0. The lowest BCUT2D eigenvalue weighted by Crippen LogP contribution is -2.33.